The summed E-state index contributed by atoms with van der Waals surface area (Å²) in [5, 5.41) is 0. The summed E-state index contributed by atoms with van der Waals surface area (Å²) < 4.78 is 0. The Morgan fingerprint density at radius 3 is 1.44 bits per heavy atom. The molecule has 0 atom stereocenters. The lowest BCUT2D eigenvalue weighted by Crippen LogP contribution is -1.97. The third-order valence-electron chi connectivity index (χ3n) is 1.80. The van der Waals surface area contributed by atoms with E-state index < -0.39 is 0 Å². The van der Waals surface area contributed by atoms with Gasteiger partial charge in [-0.05, 0) is 13.8 Å². The molecule has 1 aliphatic carbocycles. The molecule has 1 rings (SSSR count). The monoisotopic (exact) mass is 122 g/mol. The minimum Gasteiger partial charge on any atom is -0.0719 e. The van der Waals surface area contributed by atoms with Crippen LogP contribution in [0.2, 0.25) is 0 Å². The lowest BCUT2D eigenvalue weighted by molar-refractivity contribution is 0.633. The van der Waals surface area contributed by atoms with E-state index in [4.69, 9.17) is 0 Å². The second kappa shape index (κ2) is 1.73. The van der Waals surface area contributed by atoms with Crippen molar-refractivity contribution in [1.82, 2.24) is 0 Å². The molecule has 0 saturated carbocycles. The van der Waals surface area contributed by atoms with Gasteiger partial charge < -0.3 is 0 Å². The maximum Gasteiger partial charge on any atom is 0.00160 e. The van der Waals surface area contributed by atoms with Gasteiger partial charge in [-0.1, -0.05) is 37.1 Å². The predicted octanol–water partition coefficient (Wildman–Crippen LogP) is 2.92. The van der Waals surface area contributed by atoms with Crippen LogP contribution in [0.5, 0.6) is 0 Å². The summed E-state index contributed by atoms with van der Waals surface area (Å²) in [7, 11) is 0. The number of allylic oxidation sites excluding steroid dienone is 4. The molecule has 0 amide bonds. The molecule has 0 heterocycles. The third kappa shape index (κ3) is 1.24. The summed E-state index contributed by atoms with van der Waals surface area (Å²) in [6.07, 6.45) is 4.62. The van der Waals surface area contributed by atoms with Crippen LogP contribution in [-0.4, -0.2) is 0 Å². The van der Waals surface area contributed by atoms with Gasteiger partial charge in [0.1, 0.15) is 0 Å². The van der Waals surface area contributed by atoms with Crippen molar-refractivity contribution in [2.75, 3.05) is 0 Å². The minimum absolute atomic E-state index is 0.314. The lowest BCUT2D eigenvalue weighted by atomic mass is 9.96. The van der Waals surface area contributed by atoms with E-state index in [1.54, 1.807) is 0 Å². The molecule has 1 aliphatic rings. The molecule has 0 heteroatoms. The first-order chi connectivity index (χ1) is 4.01. The zero-order chi connectivity index (χ0) is 7.07. The van der Waals surface area contributed by atoms with Crippen molar-refractivity contribution in [1.29, 1.82) is 0 Å². The Balaban J connectivity index is 2.96. The van der Waals surface area contributed by atoms with Crippen LogP contribution >= 0.6 is 0 Å². The molecule has 0 nitrogen and oxygen atoms in total. The Hall–Kier alpha value is -0.520. The normalized spacial score (nSPS) is 23.6. The molecule has 0 saturated heterocycles. The Bertz CT molecular complexity index is 160. The summed E-state index contributed by atoms with van der Waals surface area (Å²) in [5.41, 5.74) is 3.17. The predicted molar refractivity (Wildman–Crippen MR) is 41.3 cm³/mol. The zero-order valence-corrected chi connectivity index (χ0v) is 6.65. The Morgan fingerprint density at radius 1 is 1.00 bits per heavy atom. The molecule has 0 fully saturated rings. The molecule has 0 spiro atoms. The Morgan fingerprint density at radius 2 is 1.33 bits per heavy atom. The molecule has 0 N–H and O–H groups in total. The average molecular weight is 122 g/mol. The van der Waals surface area contributed by atoms with Crippen molar-refractivity contribution in [3.8, 4) is 0 Å². The van der Waals surface area contributed by atoms with E-state index in [-0.39, 0.29) is 0 Å². The molecular weight excluding hydrogens is 108 g/mol. The molecule has 50 valence electrons. The number of hydrogen-bond acceptors (Lipinski definition) is 0. The van der Waals surface area contributed by atoms with Crippen LogP contribution in [-0.2, 0) is 0 Å². The number of hydrogen-bond donors (Lipinski definition) is 0. The molecule has 0 aromatic carbocycles. The minimum atomic E-state index is 0.314. The van der Waals surface area contributed by atoms with Crippen LogP contribution in [0, 0.1) is 5.41 Å². The second-order valence-corrected chi connectivity index (χ2v) is 3.48. The van der Waals surface area contributed by atoms with Gasteiger partial charge in [0.05, 0.1) is 0 Å². The summed E-state index contributed by atoms with van der Waals surface area (Å²) >= 11 is 0. The smallest absolute Gasteiger partial charge is 0.00160 e. The fourth-order valence-electron chi connectivity index (χ4n) is 1.39. The van der Waals surface area contributed by atoms with Crippen LogP contribution in [0.4, 0.5) is 0 Å². The topological polar surface area (TPSA) is 0 Å². The summed E-state index contributed by atoms with van der Waals surface area (Å²) in [5.74, 6) is 0. The quantitative estimate of drug-likeness (QED) is 0.463. The standard InChI is InChI=1S/C9H14/c1-7-5-9(3,4)6-8(7)2/h5-6H,1-4H3. The first kappa shape index (κ1) is 6.60. The van der Waals surface area contributed by atoms with Gasteiger partial charge in [0, 0.05) is 5.41 Å². The van der Waals surface area contributed by atoms with Crippen LogP contribution < -0.4 is 0 Å². The molecule has 0 bridgehead atoms. The van der Waals surface area contributed by atoms with Crippen LogP contribution in [0.3, 0.4) is 0 Å². The maximum absolute atomic E-state index is 2.31. The largest absolute Gasteiger partial charge is 0.0719 e. The second-order valence-electron chi connectivity index (χ2n) is 3.48. The van der Waals surface area contributed by atoms with E-state index in [0.29, 0.717) is 5.41 Å². The highest BCUT2D eigenvalue weighted by molar-refractivity contribution is 5.38. The SMILES string of the molecule is CC1=CC(C)(C)C=C1C. The summed E-state index contributed by atoms with van der Waals surface area (Å²) in [6.45, 7) is 8.79. The van der Waals surface area contributed by atoms with Crippen LogP contribution in [0.1, 0.15) is 27.7 Å². The van der Waals surface area contributed by atoms with Crippen molar-refractivity contribution in [3.63, 3.8) is 0 Å². The third-order valence-corrected chi connectivity index (χ3v) is 1.80. The highest BCUT2D eigenvalue weighted by Crippen LogP contribution is 2.32. The van der Waals surface area contributed by atoms with Gasteiger partial charge in [-0.2, -0.15) is 0 Å². The first-order valence-electron chi connectivity index (χ1n) is 3.40. The fraction of sp³-hybridized carbons (Fsp3) is 0.556. The highest BCUT2D eigenvalue weighted by atomic mass is 14.2. The van der Waals surface area contributed by atoms with E-state index in [1.807, 2.05) is 0 Å². The molecule has 0 unspecified atom stereocenters. The van der Waals surface area contributed by atoms with Gasteiger partial charge in [0.15, 0.2) is 0 Å². The van der Waals surface area contributed by atoms with Gasteiger partial charge in [-0.3, -0.25) is 0 Å². The molecule has 0 aliphatic heterocycles. The van der Waals surface area contributed by atoms with E-state index in [2.05, 4.69) is 39.8 Å². The van der Waals surface area contributed by atoms with Crippen molar-refractivity contribution in [2.45, 2.75) is 27.7 Å². The lowest BCUT2D eigenvalue weighted by Gasteiger charge is -2.08. The van der Waals surface area contributed by atoms with Crippen LogP contribution in [0.15, 0.2) is 23.3 Å². The summed E-state index contributed by atoms with van der Waals surface area (Å²) in [4.78, 5) is 0. The van der Waals surface area contributed by atoms with Crippen molar-refractivity contribution < 1.29 is 0 Å². The average Bonchev–Trinajstić information content (AvgIpc) is 1.79. The molecule has 0 radical (unpaired) electrons. The molecular formula is C9H14. The maximum atomic E-state index is 2.31. The van der Waals surface area contributed by atoms with Gasteiger partial charge >= 0.3 is 0 Å². The molecule has 9 heavy (non-hydrogen) atoms. The Kier molecular flexibility index (Phi) is 1.27. The van der Waals surface area contributed by atoms with E-state index in [9.17, 15) is 0 Å². The summed E-state index contributed by atoms with van der Waals surface area (Å²) in [6, 6.07) is 0. The van der Waals surface area contributed by atoms with Gasteiger partial charge in [-0.15, -0.1) is 0 Å². The first-order valence-corrected chi connectivity index (χ1v) is 3.40. The van der Waals surface area contributed by atoms with Crippen molar-refractivity contribution in [2.24, 2.45) is 5.41 Å². The van der Waals surface area contributed by atoms with E-state index in [1.165, 1.54) is 11.1 Å². The molecule has 0 aromatic heterocycles. The zero-order valence-electron chi connectivity index (χ0n) is 6.65. The fourth-order valence-corrected chi connectivity index (χ4v) is 1.39. The molecule has 0 aromatic rings. The van der Waals surface area contributed by atoms with Crippen LogP contribution in [0.25, 0.3) is 0 Å². The van der Waals surface area contributed by atoms with E-state index in [0.717, 1.165) is 0 Å². The Labute approximate surface area is 57.3 Å². The van der Waals surface area contributed by atoms with Crippen molar-refractivity contribution in [3.05, 3.63) is 23.3 Å². The van der Waals surface area contributed by atoms with Gasteiger partial charge in [-0.25, -0.2) is 0 Å². The highest BCUT2D eigenvalue weighted by Gasteiger charge is 2.17. The van der Waals surface area contributed by atoms with Crippen molar-refractivity contribution >= 4 is 0 Å². The van der Waals surface area contributed by atoms with Gasteiger partial charge in [0.2, 0.25) is 0 Å². The van der Waals surface area contributed by atoms with E-state index >= 15 is 0 Å². The number of rotatable bonds is 0. The van der Waals surface area contributed by atoms with Gasteiger partial charge in [0.25, 0.3) is 0 Å².